The van der Waals surface area contributed by atoms with Crippen molar-refractivity contribution in [3.05, 3.63) is 18.0 Å². The zero-order valence-corrected chi connectivity index (χ0v) is 4.16. The third-order valence-electron chi connectivity index (χ3n) is 0.722. The number of hydrogen-bond donors (Lipinski definition) is 2. The second-order valence-electron chi connectivity index (χ2n) is 1.33. The summed E-state index contributed by atoms with van der Waals surface area (Å²) >= 11 is 0. The van der Waals surface area contributed by atoms with E-state index in [1.807, 2.05) is 0 Å². The van der Waals surface area contributed by atoms with Crippen molar-refractivity contribution in [2.24, 2.45) is 5.73 Å². The molecule has 0 amide bonds. The zero-order valence-electron chi connectivity index (χ0n) is 4.16. The lowest BCUT2D eigenvalue weighted by Crippen LogP contribution is -2.45. The van der Waals surface area contributed by atoms with Gasteiger partial charge in [-0.15, -0.1) is 0 Å². The van der Waals surface area contributed by atoms with Crippen molar-refractivity contribution >= 4 is 5.84 Å². The summed E-state index contributed by atoms with van der Waals surface area (Å²) in [5.41, 5.74) is 5.12. The Hall–Kier alpha value is -1.32. The highest BCUT2D eigenvalue weighted by Crippen LogP contribution is 1.89. The van der Waals surface area contributed by atoms with Gasteiger partial charge in [0.25, 0.3) is 0 Å². The van der Waals surface area contributed by atoms with Gasteiger partial charge in [0, 0.05) is 6.07 Å². The molecule has 0 radical (unpaired) electrons. The van der Waals surface area contributed by atoms with Crippen molar-refractivity contribution in [2.75, 3.05) is 0 Å². The van der Waals surface area contributed by atoms with E-state index in [0.29, 0.717) is 5.76 Å². The fourth-order valence-electron chi connectivity index (χ4n) is 0.365. The van der Waals surface area contributed by atoms with E-state index in [1.54, 1.807) is 6.07 Å². The van der Waals surface area contributed by atoms with E-state index in [9.17, 15) is 0 Å². The molecule has 0 saturated heterocycles. The first-order valence-electron chi connectivity index (χ1n) is 2.09. The Balaban J connectivity index is 2.93. The highest BCUT2D eigenvalue weighted by molar-refractivity contribution is 5.89. The van der Waals surface area contributed by atoms with Crippen LogP contribution in [0.3, 0.4) is 0 Å². The first kappa shape index (κ1) is 4.83. The Kier molecular flexibility index (Phi) is 0.997. The predicted octanol–water partition coefficient (Wildman–Crippen LogP) is -1.86. The van der Waals surface area contributed by atoms with Crippen LogP contribution >= 0.6 is 0 Å². The van der Waals surface area contributed by atoms with Gasteiger partial charge in [-0.25, -0.2) is 0 Å². The Morgan fingerprint density at radius 3 is 2.88 bits per heavy atom. The molecule has 0 unspecified atom stereocenters. The quantitative estimate of drug-likeness (QED) is 0.330. The van der Waals surface area contributed by atoms with E-state index in [4.69, 9.17) is 11.1 Å². The summed E-state index contributed by atoms with van der Waals surface area (Å²) in [7, 11) is 0. The number of nitrogens with two attached hydrogens (primary N) is 2. The lowest BCUT2D eigenvalue weighted by molar-refractivity contribution is -0.115. The molecular formula is C4H6N3O+. The third-order valence-corrected chi connectivity index (χ3v) is 0.722. The second kappa shape index (κ2) is 1.65. The molecule has 8 heavy (non-hydrogen) atoms. The van der Waals surface area contributed by atoms with Gasteiger partial charge >= 0.3 is 5.84 Å². The standard InChI is InChI=1S/C4H5N3O/c5-4(6)3-1-2-7-8-3/h1-2H,(H3,5,6)/p+1. The number of hydrogen-bond acceptors (Lipinski definition) is 2. The maximum atomic E-state index is 5.12. The molecule has 42 valence electrons. The van der Waals surface area contributed by atoms with Crippen LogP contribution < -0.4 is 11.1 Å². The van der Waals surface area contributed by atoms with Crippen molar-refractivity contribution in [1.82, 2.24) is 5.16 Å². The van der Waals surface area contributed by atoms with Crippen molar-refractivity contribution in [1.29, 1.82) is 0 Å². The molecular weight excluding hydrogens is 106 g/mol. The van der Waals surface area contributed by atoms with Gasteiger partial charge in [-0.2, -0.15) is 0 Å². The summed E-state index contributed by atoms with van der Waals surface area (Å²) in [4.78, 5) is 0. The zero-order chi connectivity index (χ0) is 5.98. The third kappa shape index (κ3) is 0.676. The fraction of sp³-hybridized carbons (Fsp3) is 0. The Labute approximate surface area is 45.8 Å². The molecule has 4 N–H and O–H groups in total. The van der Waals surface area contributed by atoms with Crippen molar-refractivity contribution in [2.45, 2.75) is 0 Å². The van der Waals surface area contributed by atoms with Gasteiger partial charge in [0.2, 0.25) is 5.76 Å². The molecule has 1 aromatic heterocycles. The summed E-state index contributed by atoms with van der Waals surface area (Å²) < 4.78 is 4.56. The smallest absolute Gasteiger partial charge is 0.309 e. The lowest BCUT2D eigenvalue weighted by atomic mass is 10.4. The van der Waals surface area contributed by atoms with Crippen molar-refractivity contribution in [3.8, 4) is 0 Å². The number of nitrogens with zero attached hydrogens (tertiary/aromatic N) is 1. The highest BCUT2D eigenvalue weighted by Gasteiger charge is 2.02. The molecule has 1 rings (SSSR count). The first-order valence-corrected chi connectivity index (χ1v) is 2.09. The molecule has 0 fully saturated rings. The molecule has 1 aromatic rings. The summed E-state index contributed by atoms with van der Waals surface area (Å²) in [5.74, 6) is 0.576. The molecule has 0 aliphatic carbocycles. The SMILES string of the molecule is NC(=[NH2+])c1ccno1. The Bertz CT molecular complexity index is 179. The molecule has 0 aromatic carbocycles. The number of amidine groups is 1. The summed E-state index contributed by atoms with van der Waals surface area (Å²) in [6.07, 6.45) is 1.48. The average molecular weight is 112 g/mol. The van der Waals surface area contributed by atoms with Crippen LogP contribution in [0.1, 0.15) is 5.76 Å². The second-order valence-corrected chi connectivity index (χ2v) is 1.33. The molecule has 4 nitrogen and oxygen atoms in total. The minimum absolute atomic E-state index is 0.155. The monoisotopic (exact) mass is 112 g/mol. The molecule has 0 aliphatic rings. The van der Waals surface area contributed by atoms with Gasteiger partial charge in [0.15, 0.2) is 0 Å². The van der Waals surface area contributed by atoms with E-state index in [-0.39, 0.29) is 5.84 Å². The van der Waals surface area contributed by atoms with Crippen LogP contribution in [-0.2, 0) is 0 Å². The maximum absolute atomic E-state index is 5.12. The van der Waals surface area contributed by atoms with Gasteiger partial charge in [-0.3, -0.25) is 11.1 Å². The van der Waals surface area contributed by atoms with Crippen molar-refractivity contribution in [3.63, 3.8) is 0 Å². The number of aromatic nitrogens is 1. The highest BCUT2D eigenvalue weighted by atomic mass is 16.5. The van der Waals surface area contributed by atoms with Crippen LogP contribution in [0.15, 0.2) is 16.8 Å². The molecule has 0 bridgehead atoms. The van der Waals surface area contributed by atoms with Crippen LogP contribution in [0.2, 0.25) is 0 Å². The van der Waals surface area contributed by atoms with Crippen LogP contribution in [0.25, 0.3) is 0 Å². The first-order chi connectivity index (χ1) is 3.80. The van der Waals surface area contributed by atoms with Gasteiger partial charge in [-0.05, 0) is 0 Å². The van der Waals surface area contributed by atoms with E-state index in [0.717, 1.165) is 0 Å². The minimum Gasteiger partial charge on any atom is -0.348 e. The van der Waals surface area contributed by atoms with Crippen molar-refractivity contribution < 1.29 is 9.93 Å². The van der Waals surface area contributed by atoms with Gasteiger partial charge in [0.05, 0.1) is 6.20 Å². The maximum Gasteiger partial charge on any atom is 0.309 e. The molecule has 4 heteroatoms. The van der Waals surface area contributed by atoms with E-state index < -0.39 is 0 Å². The summed E-state index contributed by atoms with van der Waals surface area (Å²) in [6, 6.07) is 1.59. The predicted molar refractivity (Wildman–Crippen MR) is 26.7 cm³/mol. The molecule has 0 spiro atoms. The Morgan fingerprint density at radius 1 is 1.88 bits per heavy atom. The van der Waals surface area contributed by atoms with Crippen LogP contribution in [0, 0.1) is 0 Å². The average Bonchev–Trinajstić information content (AvgIpc) is 2.12. The Morgan fingerprint density at radius 2 is 2.62 bits per heavy atom. The van der Waals surface area contributed by atoms with Gasteiger partial charge < -0.3 is 4.52 Å². The molecule has 0 atom stereocenters. The number of rotatable bonds is 1. The fourth-order valence-corrected chi connectivity index (χ4v) is 0.365. The van der Waals surface area contributed by atoms with E-state index >= 15 is 0 Å². The topological polar surface area (TPSA) is 77.6 Å². The summed E-state index contributed by atoms with van der Waals surface area (Å²) in [5, 5.41) is 8.51. The molecule has 1 heterocycles. The lowest BCUT2D eigenvalue weighted by Gasteiger charge is -1.75. The van der Waals surface area contributed by atoms with E-state index in [1.165, 1.54) is 6.20 Å². The van der Waals surface area contributed by atoms with E-state index in [2.05, 4.69) is 9.68 Å². The van der Waals surface area contributed by atoms with Crippen LogP contribution in [-0.4, -0.2) is 11.0 Å². The largest absolute Gasteiger partial charge is 0.348 e. The molecule has 0 saturated carbocycles. The minimum atomic E-state index is 0.155. The molecule has 0 aliphatic heterocycles. The summed E-state index contributed by atoms with van der Waals surface area (Å²) in [6.45, 7) is 0. The van der Waals surface area contributed by atoms with Crippen LogP contribution in [0.4, 0.5) is 0 Å². The normalized spacial score (nSPS) is 9.00. The van der Waals surface area contributed by atoms with Gasteiger partial charge in [0.1, 0.15) is 0 Å². The van der Waals surface area contributed by atoms with Gasteiger partial charge in [-0.1, -0.05) is 5.16 Å². The van der Waals surface area contributed by atoms with Crippen LogP contribution in [0.5, 0.6) is 0 Å².